The van der Waals surface area contributed by atoms with Gasteiger partial charge in [-0.1, -0.05) is 20.3 Å². The molecule has 0 aliphatic heterocycles. The number of carboxylic acids is 2. The molecule has 184 valence electrons. The largest absolute Gasteiger partial charge is 0.481 e. The van der Waals surface area contributed by atoms with Crippen LogP contribution in [0.4, 0.5) is 0 Å². The monoisotopic (exact) mass is 477 g/mol. The highest BCUT2D eigenvalue weighted by Gasteiger charge is 2.31. The number of rotatable bonds is 16. The van der Waals surface area contributed by atoms with Crippen LogP contribution in [0.2, 0.25) is 0 Å². The lowest BCUT2D eigenvalue weighted by molar-refractivity contribution is -0.143. The molecule has 0 aliphatic carbocycles. The van der Waals surface area contributed by atoms with E-state index < -0.39 is 60.2 Å². The third kappa shape index (κ3) is 10.8. The van der Waals surface area contributed by atoms with E-state index in [9.17, 15) is 29.1 Å². The van der Waals surface area contributed by atoms with Crippen molar-refractivity contribution in [1.82, 2.24) is 16.0 Å². The quantitative estimate of drug-likeness (QED) is 0.0950. The molecule has 0 fully saturated rings. The molecule has 13 heteroatoms. The topological polar surface area (TPSA) is 214 Å². The van der Waals surface area contributed by atoms with Crippen LogP contribution < -0.4 is 27.4 Å². The Morgan fingerprint density at radius 2 is 1.50 bits per heavy atom. The van der Waals surface area contributed by atoms with Gasteiger partial charge in [-0.15, -0.1) is 0 Å². The summed E-state index contributed by atoms with van der Waals surface area (Å²) in [6.07, 6.45) is 1.14. The Balaban J connectivity index is 5.29. The van der Waals surface area contributed by atoms with Crippen LogP contribution in [0.5, 0.6) is 0 Å². The fraction of sp³-hybridized carbons (Fsp3) is 0.737. The number of aliphatic carboxylic acids is 2. The van der Waals surface area contributed by atoms with Crippen LogP contribution in [-0.2, 0) is 24.0 Å². The number of carbonyl (C=O) groups is 5. The SMILES string of the molecule is CCC(C)C(NC(=O)C(CS)NC(=O)C(CCCCN)NC(=O)C(N)CC(=O)O)C(=O)O. The van der Waals surface area contributed by atoms with Crippen molar-refractivity contribution >= 4 is 42.3 Å². The van der Waals surface area contributed by atoms with E-state index in [-0.39, 0.29) is 18.1 Å². The summed E-state index contributed by atoms with van der Waals surface area (Å²) < 4.78 is 0. The summed E-state index contributed by atoms with van der Waals surface area (Å²) in [4.78, 5) is 59.7. The van der Waals surface area contributed by atoms with Gasteiger partial charge in [-0.3, -0.25) is 19.2 Å². The maximum Gasteiger partial charge on any atom is 0.326 e. The lowest BCUT2D eigenvalue weighted by atomic mass is 9.99. The van der Waals surface area contributed by atoms with Crippen molar-refractivity contribution in [2.24, 2.45) is 17.4 Å². The number of carbonyl (C=O) groups excluding carboxylic acids is 3. The Morgan fingerprint density at radius 3 is 1.97 bits per heavy atom. The Bertz CT molecular complexity index is 664. The van der Waals surface area contributed by atoms with Crippen molar-refractivity contribution in [1.29, 1.82) is 0 Å². The Morgan fingerprint density at radius 1 is 0.938 bits per heavy atom. The zero-order valence-corrected chi connectivity index (χ0v) is 19.3. The number of amides is 3. The van der Waals surface area contributed by atoms with Crippen LogP contribution in [0.25, 0.3) is 0 Å². The molecule has 5 unspecified atom stereocenters. The second kappa shape index (κ2) is 15.4. The van der Waals surface area contributed by atoms with E-state index in [1.165, 1.54) is 0 Å². The van der Waals surface area contributed by atoms with Gasteiger partial charge in [-0.25, -0.2) is 4.79 Å². The van der Waals surface area contributed by atoms with Crippen LogP contribution in [-0.4, -0.2) is 76.3 Å². The van der Waals surface area contributed by atoms with E-state index in [0.29, 0.717) is 25.8 Å². The van der Waals surface area contributed by atoms with Gasteiger partial charge in [0.25, 0.3) is 0 Å². The van der Waals surface area contributed by atoms with E-state index in [0.717, 1.165) is 0 Å². The molecule has 0 bridgehead atoms. The van der Waals surface area contributed by atoms with Gasteiger partial charge in [0.1, 0.15) is 18.1 Å². The molecule has 0 aromatic carbocycles. The predicted molar refractivity (Wildman–Crippen MR) is 120 cm³/mol. The number of carboxylic acid groups (broad SMARTS) is 2. The van der Waals surface area contributed by atoms with E-state index in [4.69, 9.17) is 16.6 Å². The van der Waals surface area contributed by atoms with Crippen molar-refractivity contribution in [2.75, 3.05) is 12.3 Å². The minimum absolute atomic E-state index is 0.119. The van der Waals surface area contributed by atoms with Gasteiger partial charge >= 0.3 is 11.9 Å². The van der Waals surface area contributed by atoms with Crippen LogP contribution >= 0.6 is 12.6 Å². The minimum Gasteiger partial charge on any atom is -0.481 e. The first-order valence-corrected chi connectivity index (χ1v) is 11.0. The van der Waals surface area contributed by atoms with Crippen LogP contribution in [0.3, 0.4) is 0 Å². The summed E-state index contributed by atoms with van der Waals surface area (Å²) >= 11 is 4.06. The first kappa shape index (κ1) is 29.6. The van der Waals surface area contributed by atoms with Gasteiger partial charge in [0.05, 0.1) is 12.5 Å². The summed E-state index contributed by atoms with van der Waals surface area (Å²) in [7, 11) is 0. The highest BCUT2D eigenvalue weighted by Crippen LogP contribution is 2.09. The molecular formula is C19H35N5O7S. The van der Waals surface area contributed by atoms with Gasteiger partial charge in [0.2, 0.25) is 17.7 Å². The standard InChI is InChI=1S/C19H35N5O7S/c1-3-10(2)15(19(30)31)24-18(29)13(9-32)23-17(28)12(6-4-5-7-20)22-16(27)11(21)8-14(25)26/h10-13,15,32H,3-9,20-21H2,1-2H3,(H,22,27)(H,23,28)(H,24,29)(H,25,26)(H,30,31). The predicted octanol–water partition coefficient (Wildman–Crippen LogP) is -1.57. The first-order chi connectivity index (χ1) is 15.0. The maximum atomic E-state index is 12.8. The van der Waals surface area contributed by atoms with Crippen molar-refractivity contribution in [3.8, 4) is 0 Å². The molecule has 0 spiro atoms. The molecule has 5 atom stereocenters. The Kier molecular flexibility index (Phi) is 14.3. The van der Waals surface area contributed by atoms with Crippen molar-refractivity contribution in [2.45, 2.75) is 70.1 Å². The molecule has 9 N–H and O–H groups in total. The number of thiol groups is 1. The van der Waals surface area contributed by atoms with Gasteiger partial charge in [0, 0.05) is 5.75 Å². The second-order valence-electron chi connectivity index (χ2n) is 7.50. The van der Waals surface area contributed by atoms with Crippen LogP contribution in [0.15, 0.2) is 0 Å². The van der Waals surface area contributed by atoms with Crippen LogP contribution in [0.1, 0.15) is 46.0 Å². The maximum absolute atomic E-state index is 12.8. The molecule has 3 amide bonds. The molecule has 0 rings (SSSR count). The molecule has 0 aromatic heterocycles. The Hall–Kier alpha value is -2.38. The lowest BCUT2D eigenvalue weighted by Crippen LogP contribution is -2.58. The number of nitrogens with two attached hydrogens (primary N) is 2. The zero-order valence-electron chi connectivity index (χ0n) is 18.4. The minimum atomic E-state index is -1.35. The third-order valence-electron chi connectivity index (χ3n) is 4.90. The van der Waals surface area contributed by atoms with Crippen molar-refractivity contribution in [3.05, 3.63) is 0 Å². The van der Waals surface area contributed by atoms with Gasteiger partial charge < -0.3 is 37.6 Å². The molecule has 32 heavy (non-hydrogen) atoms. The van der Waals surface area contributed by atoms with Crippen molar-refractivity contribution in [3.63, 3.8) is 0 Å². The summed E-state index contributed by atoms with van der Waals surface area (Å²) in [5.41, 5.74) is 11.0. The highest BCUT2D eigenvalue weighted by atomic mass is 32.1. The second-order valence-corrected chi connectivity index (χ2v) is 7.87. The van der Waals surface area contributed by atoms with Crippen molar-refractivity contribution < 1.29 is 34.2 Å². The fourth-order valence-electron chi connectivity index (χ4n) is 2.72. The van der Waals surface area contributed by atoms with Gasteiger partial charge in [-0.05, 0) is 31.7 Å². The Labute approximate surface area is 192 Å². The van der Waals surface area contributed by atoms with E-state index in [1.54, 1.807) is 13.8 Å². The summed E-state index contributed by atoms with van der Waals surface area (Å²) in [6, 6.07) is -4.73. The molecule has 0 saturated carbocycles. The van der Waals surface area contributed by atoms with E-state index in [2.05, 4.69) is 28.6 Å². The first-order valence-electron chi connectivity index (χ1n) is 10.4. The summed E-state index contributed by atoms with van der Waals surface area (Å²) in [5.74, 6) is -5.18. The third-order valence-corrected chi connectivity index (χ3v) is 5.27. The highest BCUT2D eigenvalue weighted by molar-refractivity contribution is 7.80. The van der Waals surface area contributed by atoms with Crippen LogP contribution in [0, 0.1) is 5.92 Å². The molecule has 0 radical (unpaired) electrons. The van der Waals surface area contributed by atoms with E-state index >= 15 is 0 Å². The average Bonchev–Trinajstić information content (AvgIpc) is 2.73. The molecule has 0 heterocycles. The number of hydrogen-bond acceptors (Lipinski definition) is 8. The smallest absolute Gasteiger partial charge is 0.326 e. The fourth-order valence-corrected chi connectivity index (χ4v) is 2.98. The molecular weight excluding hydrogens is 442 g/mol. The number of nitrogens with one attached hydrogen (secondary N) is 3. The lowest BCUT2D eigenvalue weighted by Gasteiger charge is -2.25. The molecule has 0 aliphatic rings. The summed E-state index contributed by atoms with van der Waals surface area (Å²) in [6.45, 7) is 3.83. The van der Waals surface area contributed by atoms with E-state index in [1.807, 2.05) is 0 Å². The van der Waals surface area contributed by atoms with Gasteiger partial charge in [-0.2, -0.15) is 12.6 Å². The number of hydrogen-bond donors (Lipinski definition) is 8. The average molecular weight is 478 g/mol. The number of unbranched alkanes of at least 4 members (excludes halogenated alkanes) is 1. The zero-order chi connectivity index (χ0) is 24.8. The molecule has 0 aromatic rings. The molecule has 0 saturated heterocycles. The molecule has 12 nitrogen and oxygen atoms in total. The normalized spacial score (nSPS) is 15.5. The van der Waals surface area contributed by atoms with Gasteiger partial charge in [0.15, 0.2) is 0 Å². The summed E-state index contributed by atoms with van der Waals surface area (Å²) in [5, 5.41) is 25.4.